The number of nitrogens with zero attached hydrogens (tertiary/aromatic N) is 3. The molecule has 0 aliphatic carbocycles. The zero-order valence-electron chi connectivity index (χ0n) is 11.1. The van der Waals surface area contributed by atoms with Crippen molar-refractivity contribution in [1.29, 1.82) is 0 Å². The van der Waals surface area contributed by atoms with Crippen LogP contribution in [0.1, 0.15) is 19.9 Å². The SMILES string of the molecule is CC(C)n1c(SCC(=O)O)nnc1-c1cccc(Cl)c1. The van der Waals surface area contributed by atoms with Crippen LogP contribution in [0.25, 0.3) is 11.4 Å². The fraction of sp³-hybridized carbons (Fsp3) is 0.308. The number of rotatable bonds is 5. The van der Waals surface area contributed by atoms with Crippen molar-refractivity contribution in [3.8, 4) is 11.4 Å². The van der Waals surface area contributed by atoms with Gasteiger partial charge in [-0.25, -0.2) is 0 Å². The molecule has 5 nitrogen and oxygen atoms in total. The molecule has 0 atom stereocenters. The van der Waals surface area contributed by atoms with Gasteiger partial charge in [0.1, 0.15) is 0 Å². The number of hydrogen-bond acceptors (Lipinski definition) is 4. The second-order valence-electron chi connectivity index (χ2n) is 4.46. The van der Waals surface area contributed by atoms with E-state index in [4.69, 9.17) is 16.7 Å². The van der Waals surface area contributed by atoms with Crippen LogP contribution in [-0.2, 0) is 4.79 Å². The number of carbonyl (C=O) groups is 1. The predicted molar refractivity (Wildman–Crippen MR) is 79.2 cm³/mol. The smallest absolute Gasteiger partial charge is 0.313 e. The summed E-state index contributed by atoms with van der Waals surface area (Å²) in [4.78, 5) is 10.7. The molecule has 0 radical (unpaired) electrons. The molecule has 106 valence electrons. The van der Waals surface area contributed by atoms with Crippen LogP contribution in [-0.4, -0.2) is 31.6 Å². The maximum Gasteiger partial charge on any atom is 0.313 e. The van der Waals surface area contributed by atoms with E-state index in [1.165, 1.54) is 0 Å². The summed E-state index contributed by atoms with van der Waals surface area (Å²) in [5, 5.41) is 18.2. The van der Waals surface area contributed by atoms with Crippen molar-refractivity contribution in [2.24, 2.45) is 0 Å². The molecule has 0 saturated heterocycles. The van der Waals surface area contributed by atoms with Gasteiger partial charge in [0.15, 0.2) is 11.0 Å². The molecule has 1 aromatic heterocycles. The van der Waals surface area contributed by atoms with E-state index in [0.29, 0.717) is 16.0 Å². The Morgan fingerprint density at radius 1 is 1.45 bits per heavy atom. The van der Waals surface area contributed by atoms with Gasteiger partial charge in [0.25, 0.3) is 0 Å². The Balaban J connectivity index is 2.41. The standard InChI is InChI=1S/C13H14ClN3O2S/c1-8(2)17-12(9-4-3-5-10(14)6-9)15-16-13(17)20-7-11(18)19/h3-6,8H,7H2,1-2H3,(H,18,19). The van der Waals surface area contributed by atoms with Crippen LogP contribution < -0.4 is 0 Å². The third-order valence-electron chi connectivity index (χ3n) is 2.59. The van der Waals surface area contributed by atoms with Crippen molar-refractivity contribution in [3.63, 3.8) is 0 Å². The summed E-state index contributed by atoms with van der Waals surface area (Å²) < 4.78 is 1.92. The molecule has 1 heterocycles. The molecule has 0 unspecified atom stereocenters. The van der Waals surface area contributed by atoms with Crippen LogP contribution >= 0.6 is 23.4 Å². The van der Waals surface area contributed by atoms with E-state index < -0.39 is 5.97 Å². The normalized spacial score (nSPS) is 11.0. The molecule has 2 aromatic rings. The minimum Gasteiger partial charge on any atom is -0.481 e. The number of halogens is 1. The molecule has 0 amide bonds. The number of aromatic nitrogens is 3. The molecule has 1 aromatic carbocycles. The lowest BCUT2D eigenvalue weighted by molar-refractivity contribution is -0.133. The third-order valence-corrected chi connectivity index (χ3v) is 3.75. The second-order valence-corrected chi connectivity index (χ2v) is 5.84. The molecule has 20 heavy (non-hydrogen) atoms. The van der Waals surface area contributed by atoms with Crippen LogP contribution in [0.3, 0.4) is 0 Å². The molecule has 0 fully saturated rings. The predicted octanol–water partition coefficient (Wildman–Crippen LogP) is 3.36. The molecule has 0 spiro atoms. The minimum absolute atomic E-state index is 0.0413. The summed E-state index contributed by atoms with van der Waals surface area (Å²) >= 11 is 7.16. The quantitative estimate of drug-likeness (QED) is 0.858. The maximum atomic E-state index is 10.7. The molecule has 0 saturated carbocycles. The maximum absolute atomic E-state index is 10.7. The van der Waals surface area contributed by atoms with Gasteiger partial charge in [0, 0.05) is 16.6 Å². The van der Waals surface area contributed by atoms with Gasteiger partial charge in [0.2, 0.25) is 0 Å². The summed E-state index contributed by atoms with van der Waals surface area (Å²) in [6, 6.07) is 7.48. The van der Waals surface area contributed by atoms with Crippen molar-refractivity contribution >= 4 is 29.3 Å². The van der Waals surface area contributed by atoms with Crippen LogP contribution in [0.5, 0.6) is 0 Å². The van der Waals surface area contributed by atoms with Crippen LogP contribution in [0.2, 0.25) is 5.02 Å². The van der Waals surface area contributed by atoms with Crippen molar-refractivity contribution in [2.45, 2.75) is 25.0 Å². The first kappa shape index (κ1) is 14.9. The largest absolute Gasteiger partial charge is 0.481 e. The van der Waals surface area contributed by atoms with E-state index in [1.807, 2.05) is 36.6 Å². The second kappa shape index (κ2) is 6.28. The Hall–Kier alpha value is -1.53. The Morgan fingerprint density at radius 3 is 2.80 bits per heavy atom. The van der Waals surface area contributed by atoms with Crippen LogP contribution in [0.15, 0.2) is 29.4 Å². The Bertz CT molecular complexity index is 628. The topological polar surface area (TPSA) is 68.0 Å². The molecule has 7 heteroatoms. The number of benzene rings is 1. The summed E-state index contributed by atoms with van der Waals surface area (Å²) in [7, 11) is 0. The van der Waals surface area contributed by atoms with Crippen LogP contribution in [0.4, 0.5) is 0 Å². The Labute approximate surface area is 126 Å². The average molecular weight is 312 g/mol. The van der Waals surface area contributed by atoms with Crippen molar-refractivity contribution in [1.82, 2.24) is 14.8 Å². The van der Waals surface area contributed by atoms with Gasteiger partial charge in [-0.1, -0.05) is 35.5 Å². The fourth-order valence-electron chi connectivity index (χ4n) is 1.79. The van der Waals surface area contributed by atoms with E-state index in [0.717, 1.165) is 17.3 Å². The Kier molecular flexibility index (Phi) is 4.67. The summed E-state index contributed by atoms with van der Waals surface area (Å²) in [5.41, 5.74) is 0.862. The lowest BCUT2D eigenvalue weighted by Crippen LogP contribution is -2.07. The minimum atomic E-state index is -0.877. The monoisotopic (exact) mass is 311 g/mol. The highest BCUT2D eigenvalue weighted by atomic mass is 35.5. The lowest BCUT2D eigenvalue weighted by atomic mass is 10.2. The highest BCUT2D eigenvalue weighted by Gasteiger charge is 2.17. The number of aliphatic carboxylic acids is 1. The average Bonchev–Trinajstić information content (AvgIpc) is 2.80. The van der Waals surface area contributed by atoms with Crippen molar-refractivity contribution in [3.05, 3.63) is 29.3 Å². The van der Waals surface area contributed by atoms with Crippen molar-refractivity contribution < 1.29 is 9.90 Å². The van der Waals surface area contributed by atoms with Crippen LogP contribution in [0, 0.1) is 0 Å². The van der Waals surface area contributed by atoms with Gasteiger partial charge in [0.05, 0.1) is 5.75 Å². The molecule has 0 bridgehead atoms. The van der Waals surface area contributed by atoms with E-state index in [-0.39, 0.29) is 11.8 Å². The first-order chi connectivity index (χ1) is 9.49. The van der Waals surface area contributed by atoms with E-state index >= 15 is 0 Å². The Morgan fingerprint density at radius 2 is 2.20 bits per heavy atom. The van der Waals surface area contributed by atoms with Gasteiger partial charge in [-0.05, 0) is 26.0 Å². The highest BCUT2D eigenvalue weighted by Crippen LogP contribution is 2.28. The van der Waals surface area contributed by atoms with E-state index in [1.54, 1.807) is 6.07 Å². The van der Waals surface area contributed by atoms with Gasteiger partial charge < -0.3 is 5.11 Å². The number of hydrogen-bond donors (Lipinski definition) is 1. The summed E-state index contributed by atoms with van der Waals surface area (Å²) in [5.74, 6) is -0.228. The first-order valence-electron chi connectivity index (χ1n) is 6.04. The van der Waals surface area contributed by atoms with Gasteiger partial charge >= 0.3 is 5.97 Å². The molecule has 0 aliphatic heterocycles. The van der Waals surface area contributed by atoms with Crippen molar-refractivity contribution in [2.75, 3.05) is 5.75 Å². The number of carboxylic acids is 1. The van der Waals surface area contributed by atoms with Gasteiger partial charge in [-0.15, -0.1) is 10.2 Å². The fourth-order valence-corrected chi connectivity index (χ4v) is 2.77. The van der Waals surface area contributed by atoms with E-state index in [9.17, 15) is 4.79 Å². The zero-order valence-corrected chi connectivity index (χ0v) is 12.6. The van der Waals surface area contributed by atoms with E-state index in [2.05, 4.69) is 10.2 Å². The molecular weight excluding hydrogens is 298 g/mol. The van der Waals surface area contributed by atoms with Gasteiger partial charge in [-0.2, -0.15) is 0 Å². The third kappa shape index (κ3) is 3.32. The van der Waals surface area contributed by atoms with Gasteiger partial charge in [-0.3, -0.25) is 9.36 Å². The lowest BCUT2D eigenvalue weighted by Gasteiger charge is -2.13. The molecular formula is C13H14ClN3O2S. The first-order valence-corrected chi connectivity index (χ1v) is 7.41. The summed E-state index contributed by atoms with van der Waals surface area (Å²) in [6.45, 7) is 4.00. The summed E-state index contributed by atoms with van der Waals surface area (Å²) in [6.07, 6.45) is 0. The number of carboxylic acid groups (broad SMARTS) is 1. The zero-order chi connectivity index (χ0) is 14.7. The molecule has 0 aliphatic rings. The highest BCUT2D eigenvalue weighted by molar-refractivity contribution is 7.99. The number of thioether (sulfide) groups is 1. The molecule has 2 rings (SSSR count). The molecule has 1 N–H and O–H groups in total.